The van der Waals surface area contributed by atoms with Crippen LogP contribution >= 0.6 is 11.6 Å². The van der Waals surface area contributed by atoms with Crippen molar-refractivity contribution in [1.29, 1.82) is 15.8 Å². The van der Waals surface area contributed by atoms with E-state index in [4.69, 9.17) is 11.6 Å². The average molecular weight is 467 g/mol. The molecule has 34 heavy (non-hydrogen) atoms. The Morgan fingerprint density at radius 3 is 1.97 bits per heavy atom. The Balaban J connectivity index is 2.01. The highest BCUT2D eigenvalue weighted by Gasteiger charge is 2.34. The smallest absolute Gasteiger partial charge is 0.0991 e. The van der Waals surface area contributed by atoms with Crippen molar-refractivity contribution in [3.05, 3.63) is 106 Å². The van der Waals surface area contributed by atoms with E-state index in [9.17, 15) is 15.8 Å². The Bertz CT molecular complexity index is 1260. The van der Waals surface area contributed by atoms with Crippen LogP contribution in [-0.2, 0) is 6.42 Å². The van der Waals surface area contributed by atoms with Gasteiger partial charge in [0.25, 0.3) is 0 Å². The maximum absolute atomic E-state index is 9.95. The highest BCUT2D eigenvalue weighted by molar-refractivity contribution is 6.30. The minimum atomic E-state index is -0.721. The molecule has 0 bridgehead atoms. The zero-order chi connectivity index (χ0) is 24.7. The van der Waals surface area contributed by atoms with Gasteiger partial charge in [-0.15, -0.1) is 0 Å². The highest BCUT2D eigenvalue weighted by Crippen LogP contribution is 2.36. The van der Waals surface area contributed by atoms with Gasteiger partial charge in [-0.3, -0.25) is 0 Å². The average Bonchev–Trinajstić information content (AvgIpc) is 2.86. The molecule has 0 aliphatic carbocycles. The van der Waals surface area contributed by atoms with Crippen LogP contribution in [0.15, 0.2) is 72.8 Å². The molecule has 0 saturated carbocycles. The molecule has 3 aromatic rings. The molecule has 3 atom stereocenters. The summed E-state index contributed by atoms with van der Waals surface area (Å²) < 4.78 is 0. The van der Waals surface area contributed by atoms with Gasteiger partial charge in [-0.25, -0.2) is 0 Å². The summed E-state index contributed by atoms with van der Waals surface area (Å²) in [5, 5.41) is 33.2. The van der Waals surface area contributed by atoms with Crippen LogP contribution in [0.5, 0.6) is 0 Å². The van der Waals surface area contributed by atoms with Crippen LogP contribution in [0.1, 0.15) is 60.5 Å². The quantitative estimate of drug-likeness (QED) is 0.401. The predicted octanol–water partition coefficient (Wildman–Crippen LogP) is 6.68. The number of hydrogen-bond donors (Lipinski definition) is 1. The molecule has 0 aliphatic heterocycles. The lowest BCUT2D eigenvalue weighted by Gasteiger charge is -2.36. The van der Waals surface area contributed by atoms with Gasteiger partial charge in [0.05, 0.1) is 40.8 Å². The molecule has 0 heterocycles. The molecule has 0 fully saturated rings. The molecule has 0 amide bonds. The fourth-order valence-corrected chi connectivity index (χ4v) is 4.38. The molecular formula is C29H27ClN4. The largest absolute Gasteiger partial charge is 0.305 e. The van der Waals surface area contributed by atoms with Gasteiger partial charge in [0.15, 0.2) is 0 Å². The van der Waals surface area contributed by atoms with Gasteiger partial charge in [-0.1, -0.05) is 48.0 Å². The summed E-state index contributed by atoms with van der Waals surface area (Å²) in [6, 6.07) is 29.4. The summed E-state index contributed by atoms with van der Waals surface area (Å²) in [6.07, 6.45) is 0.734. The molecule has 3 aromatic carbocycles. The van der Waals surface area contributed by atoms with Gasteiger partial charge in [-0.2, -0.15) is 15.8 Å². The standard InChI is InChI=1S/C29H27ClN4/c1-20(34-28(29(2,3)19-33)25-9-5-7-23(15-25)18-32)27(16-21-10-12-26(30)13-11-21)24-8-4-6-22(14-24)17-31/h4-15,20,27-28,34H,16H2,1-3H3/t20?,27?,28-/m0/s1. The fraction of sp³-hybridized carbons (Fsp3) is 0.276. The van der Waals surface area contributed by atoms with E-state index >= 15 is 0 Å². The van der Waals surface area contributed by atoms with Crippen molar-refractivity contribution in [2.24, 2.45) is 5.41 Å². The number of halogens is 1. The summed E-state index contributed by atoms with van der Waals surface area (Å²) >= 11 is 6.09. The van der Waals surface area contributed by atoms with Crippen molar-refractivity contribution < 1.29 is 0 Å². The third-order valence-corrected chi connectivity index (χ3v) is 6.46. The number of nitriles is 3. The summed E-state index contributed by atoms with van der Waals surface area (Å²) in [5.41, 5.74) is 3.53. The van der Waals surface area contributed by atoms with E-state index in [0.29, 0.717) is 16.1 Å². The van der Waals surface area contributed by atoms with Crippen molar-refractivity contribution in [3.63, 3.8) is 0 Å². The summed E-state index contributed by atoms with van der Waals surface area (Å²) in [6.45, 7) is 5.91. The maximum Gasteiger partial charge on any atom is 0.0991 e. The van der Waals surface area contributed by atoms with E-state index in [1.807, 2.05) is 74.5 Å². The second-order valence-corrected chi connectivity index (χ2v) is 9.57. The topological polar surface area (TPSA) is 83.4 Å². The number of benzene rings is 3. The summed E-state index contributed by atoms with van der Waals surface area (Å²) in [7, 11) is 0. The van der Waals surface area contributed by atoms with Gasteiger partial charge in [-0.05, 0) is 80.3 Å². The van der Waals surface area contributed by atoms with Gasteiger partial charge in [0.2, 0.25) is 0 Å². The zero-order valence-electron chi connectivity index (χ0n) is 19.6. The Kier molecular flexibility index (Phi) is 8.09. The molecule has 4 nitrogen and oxygen atoms in total. The van der Waals surface area contributed by atoms with Crippen LogP contribution in [0, 0.1) is 39.4 Å². The SMILES string of the molecule is CC(N[C@@H](c1cccc(C#N)c1)C(C)(C)C#N)C(Cc1ccc(Cl)cc1)c1cccc(C#N)c1. The molecular weight excluding hydrogens is 440 g/mol. The molecule has 2 unspecified atom stereocenters. The van der Waals surface area contributed by atoms with Crippen molar-refractivity contribution in [2.75, 3.05) is 0 Å². The van der Waals surface area contributed by atoms with Gasteiger partial charge in [0.1, 0.15) is 0 Å². The normalized spacial score (nSPS) is 13.7. The molecule has 0 saturated heterocycles. The number of nitrogens with one attached hydrogen (secondary N) is 1. The predicted molar refractivity (Wildman–Crippen MR) is 135 cm³/mol. The Labute approximate surface area is 207 Å². The summed E-state index contributed by atoms with van der Waals surface area (Å²) in [5.74, 6) is 0.0330. The van der Waals surface area contributed by atoms with E-state index in [1.54, 1.807) is 12.1 Å². The lowest BCUT2D eigenvalue weighted by molar-refractivity contribution is 0.281. The molecule has 0 aliphatic rings. The van der Waals surface area contributed by atoms with Crippen LogP contribution in [0.4, 0.5) is 0 Å². The third kappa shape index (κ3) is 6.03. The van der Waals surface area contributed by atoms with E-state index in [-0.39, 0.29) is 18.0 Å². The van der Waals surface area contributed by atoms with Crippen LogP contribution in [0.2, 0.25) is 5.02 Å². The third-order valence-electron chi connectivity index (χ3n) is 6.20. The van der Waals surface area contributed by atoms with Crippen LogP contribution in [-0.4, -0.2) is 6.04 Å². The molecule has 3 rings (SSSR count). The summed E-state index contributed by atoms with van der Waals surface area (Å²) in [4.78, 5) is 0. The van der Waals surface area contributed by atoms with Crippen molar-refractivity contribution in [1.82, 2.24) is 5.32 Å². The first-order valence-electron chi connectivity index (χ1n) is 11.2. The van der Waals surface area contributed by atoms with Crippen LogP contribution in [0.3, 0.4) is 0 Å². The monoisotopic (exact) mass is 466 g/mol. The second-order valence-electron chi connectivity index (χ2n) is 9.13. The second kappa shape index (κ2) is 11.0. The van der Waals surface area contributed by atoms with Gasteiger partial charge >= 0.3 is 0 Å². The lowest BCUT2D eigenvalue weighted by Crippen LogP contribution is -2.42. The van der Waals surface area contributed by atoms with Crippen LogP contribution < -0.4 is 5.32 Å². The first-order valence-corrected chi connectivity index (χ1v) is 11.6. The fourth-order valence-electron chi connectivity index (χ4n) is 4.25. The molecule has 1 N–H and O–H groups in total. The number of nitrogens with zero attached hydrogens (tertiary/aromatic N) is 3. The first-order chi connectivity index (χ1) is 16.3. The van der Waals surface area contributed by atoms with Crippen molar-refractivity contribution in [2.45, 2.75) is 45.2 Å². The molecule has 0 radical (unpaired) electrons. The van der Waals surface area contributed by atoms with Gasteiger partial charge < -0.3 is 5.32 Å². The minimum Gasteiger partial charge on any atom is -0.305 e. The number of rotatable bonds is 8. The molecule has 0 spiro atoms. The van der Waals surface area contributed by atoms with Crippen LogP contribution in [0.25, 0.3) is 0 Å². The Morgan fingerprint density at radius 2 is 1.41 bits per heavy atom. The van der Waals surface area contributed by atoms with Gasteiger partial charge in [0, 0.05) is 17.0 Å². The Morgan fingerprint density at radius 1 is 0.853 bits per heavy atom. The van der Waals surface area contributed by atoms with Crippen molar-refractivity contribution in [3.8, 4) is 18.2 Å². The molecule has 0 aromatic heterocycles. The van der Waals surface area contributed by atoms with E-state index < -0.39 is 5.41 Å². The van der Waals surface area contributed by atoms with E-state index in [2.05, 4.69) is 30.4 Å². The molecule has 5 heteroatoms. The van der Waals surface area contributed by atoms with Crippen molar-refractivity contribution >= 4 is 11.6 Å². The Hall–Kier alpha value is -3.62. The maximum atomic E-state index is 9.95. The van der Waals surface area contributed by atoms with E-state index in [0.717, 1.165) is 23.1 Å². The number of hydrogen-bond acceptors (Lipinski definition) is 4. The van der Waals surface area contributed by atoms with E-state index in [1.165, 1.54) is 0 Å². The lowest BCUT2D eigenvalue weighted by atomic mass is 9.79. The molecule has 170 valence electrons. The zero-order valence-corrected chi connectivity index (χ0v) is 20.3. The highest BCUT2D eigenvalue weighted by atomic mass is 35.5. The first kappa shape index (κ1) is 25.0. The minimum absolute atomic E-state index is 0.0330.